The molecule has 2 fully saturated rings. The molecule has 0 spiro atoms. The normalized spacial score (nSPS) is 16.8. The molecule has 1 aromatic carbocycles. The van der Waals surface area contributed by atoms with Crippen LogP contribution in [0.25, 0.3) is 11.2 Å². The predicted octanol–water partition coefficient (Wildman–Crippen LogP) is 5.85. The van der Waals surface area contributed by atoms with Gasteiger partial charge in [-0.2, -0.15) is 4.98 Å². The van der Waals surface area contributed by atoms with Crippen LogP contribution in [0.2, 0.25) is 0 Å². The fraction of sp³-hybridized carbons (Fsp3) is 0.538. The minimum atomic E-state index is -0.645. The summed E-state index contributed by atoms with van der Waals surface area (Å²) in [5.74, 6) is -0.0986. The van der Waals surface area contributed by atoms with E-state index in [9.17, 15) is 13.6 Å². The number of aromatic nitrogens is 4. The van der Waals surface area contributed by atoms with Crippen LogP contribution in [0.15, 0.2) is 24.4 Å². The summed E-state index contributed by atoms with van der Waals surface area (Å²) in [7, 11) is 1.60. The summed E-state index contributed by atoms with van der Waals surface area (Å²) in [5, 5.41) is 8.96. The molecular weight excluding hydrogens is 464 g/mol. The van der Waals surface area contributed by atoms with Gasteiger partial charge < -0.3 is 16.0 Å². The van der Waals surface area contributed by atoms with Crippen molar-refractivity contribution in [3.05, 3.63) is 36.0 Å². The number of rotatable bonds is 5. The Kier molecular flexibility index (Phi) is 8.66. The van der Waals surface area contributed by atoms with Crippen molar-refractivity contribution in [2.24, 2.45) is 0 Å². The Morgan fingerprint density at radius 2 is 1.67 bits per heavy atom. The first-order valence-electron chi connectivity index (χ1n) is 12.9. The van der Waals surface area contributed by atoms with E-state index in [2.05, 4.69) is 30.5 Å². The zero-order chi connectivity index (χ0) is 25.5. The van der Waals surface area contributed by atoms with Crippen LogP contribution in [0, 0.1) is 11.6 Å². The molecular formula is C26H35F2N7O. The van der Waals surface area contributed by atoms with Crippen molar-refractivity contribution in [3.63, 3.8) is 0 Å². The van der Waals surface area contributed by atoms with Crippen molar-refractivity contribution in [1.82, 2.24) is 24.8 Å². The Hall–Kier alpha value is -3.30. The Bertz CT molecular complexity index is 1170. The summed E-state index contributed by atoms with van der Waals surface area (Å²) in [6.45, 7) is 1.47. The molecule has 2 heterocycles. The van der Waals surface area contributed by atoms with Crippen molar-refractivity contribution < 1.29 is 13.6 Å². The van der Waals surface area contributed by atoms with Gasteiger partial charge in [-0.15, -0.1) is 0 Å². The molecule has 0 unspecified atom stereocenters. The van der Waals surface area contributed by atoms with Crippen LogP contribution in [0.3, 0.4) is 0 Å². The molecule has 194 valence electrons. The van der Waals surface area contributed by atoms with Crippen LogP contribution < -0.4 is 16.0 Å². The molecule has 8 nitrogen and oxygen atoms in total. The highest BCUT2D eigenvalue weighted by molar-refractivity contribution is 5.76. The highest BCUT2D eigenvalue weighted by Crippen LogP contribution is 2.35. The van der Waals surface area contributed by atoms with E-state index >= 15 is 0 Å². The summed E-state index contributed by atoms with van der Waals surface area (Å²) >= 11 is 0. The van der Waals surface area contributed by atoms with Crippen molar-refractivity contribution in [2.75, 3.05) is 17.7 Å². The lowest BCUT2D eigenvalue weighted by Gasteiger charge is -2.25. The first-order valence-corrected chi connectivity index (χ1v) is 12.9. The summed E-state index contributed by atoms with van der Waals surface area (Å²) in [5.41, 5.74) is 1.62. The van der Waals surface area contributed by atoms with E-state index < -0.39 is 11.6 Å². The molecule has 0 atom stereocenters. The lowest BCUT2D eigenvalue weighted by Crippen LogP contribution is -2.23. The molecule has 5 rings (SSSR count). The highest BCUT2D eigenvalue weighted by Gasteiger charge is 2.24. The molecule has 10 heteroatoms. The molecule has 0 aliphatic heterocycles. The molecule has 2 saturated carbocycles. The number of nitrogens with one attached hydrogen (secondary N) is 3. The maximum absolute atomic E-state index is 14.3. The van der Waals surface area contributed by atoms with E-state index in [0.717, 1.165) is 50.2 Å². The second-order valence-corrected chi connectivity index (χ2v) is 9.53. The first kappa shape index (κ1) is 25.8. The molecule has 2 aliphatic carbocycles. The second kappa shape index (κ2) is 12.1. The predicted molar refractivity (Wildman–Crippen MR) is 137 cm³/mol. The Labute approximate surface area is 210 Å². The fourth-order valence-electron chi connectivity index (χ4n) is 4.87. The third-order valence-electron chi connectivity index (χ3n) is 6.84. The molecule has 3 aromatic rings. The first-order chi connectivity index (χ1) is 17.4. The van der Waals surface area contributed by atoms with Gasteiger partial charge in [0.1, 0.15) is 17.2 Å². The van der Waals surface area contributed by atoms with Crippen LogP contribution in [-0.4, -0.2) is 38.5 Å². The van der Waals surface area contributed by atoms with Gasteiger partial charge in [0.2, 0.25) is 17.8 Å². The van der Waals surface area contributed by atoms with Gasteiger partial charge in [0.25, 0.3) is 0 Å². The third kappa shape index (κ3) is 6.47. The van der Waals surface area contributed by atoms with Crippen LogP contribution in [0.1, 0.15) is 77.2 Å². The van der Waals surface area contributed by atoms with Crippen molar-refractivity contribution in [1.29, 1.82) is 0 Å². The Morgan fingerprint density at radius 1 is 1.00 bits per heavy atom. The van der Waals surface area contributed by atoms with Gasteiger partial charge in [0, 0.05) is 32.1 Å². The number of anilines is 3. The van der Waals surface area contributed by atoms with Crippen molar-refractivity contribution in [2.45, 2.75) is 83.2 Å². The average Bonchev–Trinajstić information content (AvgIpc) is 3.24. The number of benzene rings is 1. The number of halogens is 2. The molecule has 36 heavy (non-hydrogen) atoms. The van der Waals surface area contributed by atoms with Gasteiger partial charge in [-0.25, -0.2) is 18.7 Å². The van der Waals surface area contributed by atoms with E-state index in [1.165, 1.54) is 44.7 Å². The number of imidazole rings is 1. The standard InChI is InChI=1S/C23H28F2N6.C3H7NO/c24-15-11-12-19(18(25)13-15)28-23-29-20-14-26-22(27-16-7-3-1-4-8-16)30-21(20)31(23)17-9-5-2-6-10-17;1-3(5)4-2/h11-14,16-17H,1-10H2,(H,28,29)(H,26,27,30);1-2H3,(H,4,5). The van der Waals surface area contributed by atoms with Crippen LogP contribution >= 0.6 is 0 Å². The monoisotopic (exact) mass is 499 g/mol. The molecule has 1 amide bonds. The van der Waals surface area contributed by atoms with Crippen LogP contribution in [-0.2, 0) is 4.79 Å². The van der Waals surface area contributed by atoms with E-state index in [1.54, 1.807) is 13.2 Å². The van der Waals surface area contributed by atoms with E-state index in [-0.39, 0.29) is 17.6 Å². The lowest BCUT2D eigenvalue weighted by atomic mass is 9.95. The number of nitrogens with zero attached hydrogens (tertiary/aromatic N) is 4. The fourth-order valence-corrected chi connectivity index (χ4v) is 4.87. The third-order valence-corrected chi connectivity index (χ3v) is 6.84. The summed E-state index contributed by atoms with van der Waals surface area (Å²) in [4.78, 5) is 23.7. The van der Waals surface area contributed by atoms with Gasteiger partial charge >= 0.3 is 0 Å². The summed E-state index contributed by atoms with van der Waals surface area (Å²) < 4.78 is 29.7. The molecule has 0 saturated heterocycles. The molecule has 2 aromatic heterocycles. The van der Waals surface area contributed by atoms with Gasteiger partial charge in [0.05, 0.1) is 11.9 Å². The van der Waals surface area contributed by atoms with Crippen LogP contribution in [0.4, 0.5) is 26.4 Å². The number of hydrogen-bond donors (Lipinski definition) is 3. The zero-order valence-corrected chi connectivity index (χ0v) is 21.0. The minimum Gasteiger partial charge on any atom is -0.359 e. The minimum absolute atomic E-state index is 0.00463. The number of amides is 1. The molecule has 3 N–H and O–H groups in total. The molecule has 0 radical (unpaired) electrons. The van der Waals surface area contributed by atoms with Gasteiger partial charge in [-0.1, -0.05) is 38.5 Å². The quantitative estimate of drug-likeness (QED) is 0.407. The van der Waals surface area contributed by atoms with Gasteiger partial charge in [0.15, 0.2) is 5.65 Å². The summed E-state index contributed by atoms with van der Waals surface area (Å²) in [6, 6.07) is 4.16. The van der Waals surface area contributed by atoms with E-state index in [0.29, 0.717) is 23.5 Å². The number of carbonyl (C=O) groups is 1. The smallest absolute Gasteiger partial charge is 0.224 e. The topological polar surface area (TPSA) is 96.8 Å². The highest BCUT2D eigenvalue weighted by atomic mass is 19.1. The van der Waals surface area contributed by atoms with E-state index in [4.69, 9.17) is 4.98 Å². The second-order valence-electron chi connectivity index (χ2n) is 9.53. The van der Waals surface area contributed by atoms with Crippen molar-refractivity contribution >= 4 is 34.7 Å². The number of carbonyl (C=O) groups excluding carboxylic acids is 1. The SMILES string of the molecule is CNC(C)=O.Fc1ccc(Nc2nc3cnc(NC4CCCCC4)nc3n2C2CCCCC2)c(F)c1. The Morgan fingerprint density at radius 3 is 2.31 bits per heavy atom. The Balaban J connectivity index is 0.000000556. The maximum atomic E-state index is 14.3. The van der Waals surface area contributed by atoms with Gasteiger partial charge in [-0.05, 0) is 37.8 Å². The maximum Gasteiger partial charge on any atom is 0.224 e. The number of fused-ring (bicyclic) bond motifs is 1. The van der Waals surface area contributed by atoms with E-state index in [1.807, 2.05) is 0 Å². The summed E-state index contributed by atoms with van der Waals surface area (Å²) in [6.07, 6.45) is 13.3. The average molecular weight is 500 g/mol. The van der Waals surface area contributed by atoms with Gasteiger partial charge in [-0.3, -0.25) is 9.36 Å². The number of hydrogen-bond acceptors (Lipinski definition) is 6. The largest absolute Gasteiger partial charge is 0.359 e. The van der Waals surface area contributed by atoms with Crippen LogP contribution in [0.5, 0.6) is 0 Å². The zero-order valence-electron chi connectivity index (χ0n) is 21.0. The van der Waals surface area contributed by atoms with Crippen molar-refractivity contribution in [3.8, 4) is 0 Å². The molecule has 0 bridgehead atoms. The molecule has 2 aliphatic rings. The lowest BCUT2D eigenvalue weighted by molar-refractivity contribution is -0.118.